The van der Waals surface area contributed by atoms with Crippen LogP contribution < -0.4 is 10.6 Å². The summed E-state index contributed by atoms with van der Waals surface area (Å²) in [6.07, 6.45) is 3.60. The van der Waals surface area contributed by atoms with Gasteiger partial charge in [0.05, 0.1) is 5.39 Å². The molecule has 3 heteroatoms. The van der Waals surface area contributed by atoms with Crippen molar-refractivity contribution in [3.63, 3.8) is 0 Å². The highest BCUT2D eigenvalue weighted by molar-refractivity contribution is 5.97. The molecule has 0 aliphatic rings. The first-order valence-corrected chi connectivity index (χ1v) is 4.78. The number of fused-ring (bicyclic) bond motifs is 2. The van der Waals surface area contributed by atoms with Crippen LogP contribution in [0.4, 0.5) is 0 Å². The maximum Gasteiger partial charge on any atom is 0.238 e. The van der Waals surface area contributed by atoms with Gasteiger partial charge in [-0.25, -0.2) is 0 Å². The van der Waals surface area contributed by atoms with Gasteiger partial charge in [0.15, 0.2) is 0 Å². The third-order valence-electron chi connectivity index (χ3n) is 2.55. The molecule has 0 aliphatic carbocycles. The second-order valence-corrected chi connectivity index (χ2v) is 3.58. The van der Waals surface area contributed by atoms with Crippen molar-refractivity contribution in [1.82, 2.24) is 5.10 Å². The van der Waals surface area contributed by atoms with Crippen LogP contribution in [0.2, 0.25) is 0 Å². The van der Waals surface area contributed by atoms with Crippen LogP contribution in [-0.2, 0) is 0 Å². The molecule has 0 amide bonds. The zero-order valence-corrected chi connectivity index (χ0v) is 8.09. The molecule has 0 unspecified atom stereocenters. The highest BCUT2D eigenvalue weighted by Gasteiger charge is 2.02. The Hall–Kier alpha value is -2.16. The van der Waals surface area contributed by atoms with Crippen molar-refractivity contribution in [1.29, 1.82) is 0 Å². The lowest BCUT2D eigenvalue weighted by atomic mass is 10.1. The number of hydrogen-bond donors (Lipinski definition) is 1. The van der Waals surface area contributed by atoms with Crippen molar-refractivity contribution in [3.05, 3.63) is 48.8 Å². The molecule has 1 aromatic heterocycles. The molecule has 0 saturated heterocycles. The summed E-state index contributed by atoms with van der Waals surface area (Å²) >= 11 is 0. The Morgan fingerprint density at radius 1 is 0.933 bits per heavy atom. The van der Waals surface area contributed by atoms with Crippen LogP contribution in [0.3, 0.4) is 0 Å². The summed E-state index contributed by atoms with van der Waals surface area (Å²) in [6.45, 7) is 0. The van der Waals surface area contributed by atoms with Crippen molar-refractivity contribution >= 4 is 21.5 Å². The number of aromatic nitrogens is 2. The number of rotatable bonds is 0. The molecule has 0 spiro atoms. The SMILES string of the molecule is N[n+]1cc2cc3ccccc3cc2cn1. The average molecular weight is 196 g/mol. The first-order valence-electron chi connectivity index (χ1n) is 4.78. The first kappa shape index (κ1) is 8.17. The van der Waals surface area contributed by atoms with Crippen LogP contribution in [0.1, 0.15) is 0 Å². The Kier molecular flexibility index (Phi) is 1.59. The van der Waals surface area contributed by atoms with Crippen LogP contribution in [0.25, 0.3) is 21.5 Å². The minimum absolute atomic E-state index is 1.10. The van der Waals surface area contributed by atoms with Crippen molar-refractivity contribution in [3.8, 4) is 0 Å². The molecule has 0 radical (unpaired) electrons. The van der Waals surface area contributed by atoms with E-state index in [0.717, 1.165) is 10.8 Å². The van der Waals surface area contributed by atoms with Gasteiger partial charge in [-0.3, -0.25) is 0 Å². The summed E-state index contributed by atoms with van der Waals surface area (Å²) in [6, 6.07) is 12.5. The predicted octanol–water partition coefficient (Wildman–Crippen LogP) is 1.39. The molecule has 15 heavy (non-hydrogen) atoms. The maximum atomic E-state index is 5.57. The van der Waals surface area contributed by atoms with E-state index in [2.05, 4.69) is 29.4 Å². The molecule has 3 aromatic rings. The fraction of sp³-hybridized carbons (Fsp3) is 0. The standard InChI is InChI=1S/C12H10N3/c13-15-8-12-6-10-4-2-1-3-9(10)5-11(12)7-14-15/h1-8H,(H2,13,14)/q+1. The van der Waals surface area contributed by atoms with Crippen LogP contribution in [0, 0.1) is 0 Å². The summed E-state index contributed by atoms with van der Waals surface area (Å²) in [5.41, 5.74) is 0. The summed E-state index contributed by atoms with van der Waals surface area (Å²) in [7, 11) is 0. The molecule has 2 N–H and O–H groups in total. The summed E-state index contributed by atoms with van der Waals surface area (Å²) < 4.78 is 0. The lowest BCUT2D eigenvalue weighted by molar-refractivity contribution is -0.699. The second kappa shape index (κ2) is 2.92. The number of nitrogen functional groups attached to an aromatic ring is 1. The number of hydrogen-bond acceptors (Lipinski definition) is 2. The lowest BCUT2D eigenvalue weighted by Crippen LogP contribution is -2.47. The van der Waals surface area contributed by atoms with E-state index < -0.39 is 0 Å². The Balaban J connectivity index is 2.47. The minimum Gasteiger partial charge on any atom is -0.181 e. The van der Waals surface area contributed by atoms with Crippen molar-refractivity contribution in [2.24, 2.45) is 0 Å². The van der Waals surface area contributed by atoms with Gasteiger partial charge in [-0.1, -0.05) is 24.3 Å². The van der Waals surface area contributed by atoms with Crippen LogP contribution in [0.15, 0.2) is 48.8 Å². The summed E-state index contributed by atoms with van der Waals surface area (Å²) in [4.78, 5) is 1.33. The van der Waals surface area contributed by atoms with Gasteiger partial charge in [0.25, 0.3) is 0 Å². The zero-order valence-electron chi connectivity index (χ0n) is 8.09. The molecule has 0 atom stereocenters. The topological polar surface area (TPSA) is 42.8 Å². The van der Waals surface area contributed by atoms with E-state index >= 15 is 0 Å². The summed E-state index contributed by atoms with van der Waals surface area (Å²) in [5.74, 6) is 5.57. The normalized spacial score (nSPS) is 10.9. The highest BCUT2D eigenvalue weighted by Crippen LogP contribution is 2.20. The molecule has 72 valence electrons. The van der Waals surface area contributed by atoms with Crippen LogP contribution >= 0.6 is 0 Å². The van der Waals surface area contributed by atoms with Crippen LogP contribution in [0.5, 0.6) is 0 Å². The smallest absolute Gasteiger partial charge is 0.181 e. The maximum absolute atomic E-state index is 5.57. The minimum atomic E-state index is 1.10. The Morgan fingerprint density at radius 3 is 2.33 bits per heavy atom. The predicted molar refractivity (Wildman–Crippen MR) is 59.6 cm³/mol. The van der Waals surface area contributed by atoms with E-state index in [0.29, 0.717) is 0 Å². The van der Waals surface area contributed by atoms with E-state index in [1.54, 1.807) is 6.20 Å². The second-order valence-electron chi connectivity index (χ2n) is 3.58. The van der Waals surface area contributed by atoms with Gasteiger partial charge in [0.2, 0.25) is 6.20 Å². The van der Waals surface area contributed by atoms with E-state index in [9.17, 15) is 0 Å². The molecule has 0 saturated carbocycles. The molecular weight excluding hydrogens is 186 g/mol. The van der Waals surface area contributed by atoms with Crippen molar-refractivity contribution in [2.75, 3.05) is 5.84 Å². The quantitative estimate of drug-likeness (QED) is 0.335. The highest BCUT2D eigenvalue weighted by atomic mass is 15.5. The van der Waals surface area contributed by atoms with Crippen molar-refractivity contribution < 1.29 is 4.79 Å². The van der Waals surface area contributed by atoms with Gasteiger partial charge >= 0.3 is 0 Å². The van der Waals surface area contributed by atoms with E-state index in [4.69, 9.17) is 5.84 Å². The molecule has 0 aliphatic heterocycles. The van der Waals surface area contributed by atoms with Gasteiger partial charge in [-0.05, 0) is 22.9 Å². The average Bonchev–Trinajstić information content (AvgIpc) is 2.26. The molecule has 3 nitrogen and oxygen atoms in total. The first-order chi connectivity index (χ1) is 7.33. The largest absolute Gasteiger partial charge is 0.238 e. The fourth-order valence-electron chi connectivity index (χ4n) is 1.80. The zero-order chi connectivity index (χ0) is 10.3. The van der Waals surface area contributed by atoms with E-state index in [1.165, 1.54) is 15.6 Å². The van der Waals surface area contributed by atoms with Crippen LogP contribution in [-0.4, -0.2) is 5.10 Å². The Morgan fingerprint density at radius 2 is 1.60 bits per heavy atom. The summed E-state index contributed by atoms with van der Waals surface area (Å²) in [5, 5.41) is 8.66. The van der Waals surface area contributed by atoms with E-state index in [-0.39, 0.29) is 0 Å². The molecular formula is C12H10N3+. The third kappa shape index (κ3) is 1.29. The van der Waals surface area contributed by atoms with Gasteiger partial charge in [0.1, 0.15) is 6.20 Å². The van der Waals surface area contributed by atoms with Gasteiger partial charge < -0.3 is 0 Å². The number of nitrogens with two attached hydrogens (primary N) is 1. The molecule has 0 fully saturated rings. The number of nitrogens with zero attached hydrogens (tertiary/aromatic N) is 2. The third-order valence-corrected chi connectivity index (χ3v) is 2.55. The van der Waals surface area contributed by atoms with E-state index in [1.807, 2.05) is 18.3 Å². The van der Waals surface area contributed by atoms with Crippen molar-refractivity contribution in [2.45, 2.75) is 0 Å². The lowest BCUT2D eigenvalue weighted by Gasteiger charge is -1.98. The van der Waals surface area contributed by atoms with Gasteiger partial charge in [-0.15, -0.1) is 0 Å². The van der Waals surface area contributed by atoms with Gasteiger partial charge in [0, 0.05) is 15.3 Å². The Labute approximate surface area is 86.7 Å². The van der Waals surface area contributed by atoms with Gasteiger partial charge in [-0.2, -0.15) is 5.84 Å². The Bertz CT molecular complexity index is 646. The fourth-order valence-corrected chi connectivity index (χ4v) is 1.80. The molecule has 0 bridgehead atoms. The molecule has 2 aromatic carbocycles. The molecule has 3 rings (SSSR count). The monoisotopic (exact) mass is 196 g/mol. The number of benzene rings is 2. The molecule has 1 heterocycles.